The van der Waals surface area contributed by atoms with Gasteiger partial charge in [-0.25, -0.2) is 0 Å². The number of aromatic amines is 1. The minimum absolute atomic E-state index is 0.127. The topological polar surface area (TPSA) is 57.8 Å². The van der Waals surface area contributed by atoms with E-state index in [0.717, 1.165) is 23.1 Å². The molecule has 0 aromatic carbocycles. The Balaban J connectivity index is 1.58. The van der Waals surface area contributed by atoms with Crippen LogP contribution in [0.25, 0.3) is 0 Å². The summed E-state index contributed by atoms with van der Waals surface area (Å²) in [5.74, 6) is 3.15. The van der Waals surface area contributed by atoms with Gasteiger partial charge >= 0.3 is 0 Å². The fourth-order valence-corrected chi connectivity index (χ4v) is 3.65. The smallest absolute Gasteiger partial charge is 0.225 e. The first-order valence-electron chi connectivity index (χ1n) is 6.95. The molecule has 2 N–H and O–H groups in total. The first-order chi connectivity index (χ1) is 8.63. The van der Waals surface area contributed by atoms with Crippen LogP contribution < -0.4 is 5.32 Å². The van der Waals surface area contributed by atoms with Gasteiger partial charge in [0, 0.05) is 17.7 Å². The zero-order valence-corrected chi connectivity index (χ0v) is 11.1. The highest BCUT2D eigenvalue weighted by atomic mass is 16.1. The van der Waals surface area contributed by atoms with Crippen molar-refractivity contribution in [2.75, 3.05) is 5.32 Å². The molecule has 18 heavy (non-hydrogen) atoms. The van der Waals surface area contributed by atoms with Crippen molar-refractivity contribution in [3.8, 4) is 0 Å². The van der Waals surface area contributed by atoms with Crippen LogP contribution >= 0.6 is 0 Å². The summed E-state index contributed by atoms with van der Waals surface area (Å²) in [7, 11) is 0. The van der Waals surface area contributed by atoms with Gasteiger partial charge in [0.05, 0.1) is 0 Å². The molecule has 0 radical (unpaired) electrons. The number of aryl methyl sites for hydroxylation is 1. The Morgan fingerprint density at radius 1 is 1.39 bits per heavy atom. The molecule has 1 aromatic rings. The Labute approximate surface area is 108 Å². The van der Waals surface area contributed by atoms with Crippen molar-refractivity contribution in [3.63, 3.8) is 0 Å². The maximum atomic E-state index is 12.0. The minimum Gasteiger partial charge on any atom is -0.309 e. The van der Waals surface area contributed by atoms with Crippen LogP contribution in [0.5, 0.6) is 0 Å². The van der Waals surface area contributed by atoms with E-state index in [9.17, 15) is 4.79 Å². The molecule has 2 bridgehead atoms. The monoisotopic (exact) mass is 247 g/mol. The summed E-state index contributed by atoms with van der Waals surface area (Å²) in [6.45, 7) is 3.94. The summed E-state index contributed by atoms with van der Waals surface area (Å²) >= 11 is 0. The van der Waals surface area contributed by atoms with Gasteiger partial charge < -0.3 is 5.32 Å². The number of aromatic nitrogens is 2. The van der Waals surface area contributed by atoms with Crippen molar-refractivity contribution in [1.82, 2.24) is 10.2 Å². The van der Waals surface area contributed by atoms with E-state index in [1.54, 1.807) is 0 Å². The van der Waals surface area contributed by atoms with Crippen molar-refractivity contribution >= 4 is 11.7 Å². The minimum atomic E-state index is 0.127. The van der Waals surface area contributed by atoms with E-state index in [2.05, 4.69) is 15.5 Å². The summed E-state index contributed by atoms with van der Waals surface area (Å²) in [5, 5.41) is 9.96. The first-order valence-corrected chi connectivity index (χ1v) is 6.95. The largest absolute Gasteiger partial charge is 0.309 e. The van der Waals surface area contributed by atoms with Gasteiger partial charge in [0.25, 0.3) is 0 Å². The summed E-state index contributed by atoms with van der Waals surface area (Å²) in [5.41, 5.74) is 2.06. The molecule has 1 aromatic heterocycles. The highest BCUT2D eigenvalue weighted by molar-refractivity contribution is 5.90. The Morgan fingerprint density at radius 3 is 2.78 bits per heavy atom. The molecule has 2 fully saturated rings. The van der Waals surface area contributed by atoms with E-state index in [0.29, 0.717) is 18.2 Å². The van der Waals surface area contributed by atoms with Crippen molar-refractivity contribution in [3.05, 3.63) is 11.3 Å². The van der Waals surface area contributed by atoms with Gasteiger partial charge in [0.2, 0.25) is 5.91 Å². The lowest BCUT2D eigenvalue weighted by Gasteiger charge is -2.20. The van der Waals surface area contributed by atoms with Crippen LogP contribution in [0.2, 0.25) is 0 Å². The molecule has 2 aliphatic carbocycles. The Hall–Kier alpha value is -1.32. The number of nitrogens with zero attached hydrogens (tertiary/aromatic N) is 1. The Bertz CT molecular complexity index is 466. The maximum absolute atomic E-state index is 12.0. The third-order valence-electron chi connectivity index (χ3n) is 4.84. The number of carbonyl (C=O) groups is 1. The number of H-pyrrole nitrogens is 1. The van der Waals surface area contributed by atoms with Crippen molar-refractivity contribution in [1.29, 1.82) is 0 Å². The Morgan fingerprint density at radius 2 is 2.22 bits per heavy atom. The van der Waals surface area contributed by atoms with E-state index in [1.807, 2.05) is 13.8 Å². The number of anilines is 1. The molecule has 2 saturated carbocycles. The zero-order valence-electron chi connectivity index (χ0n) is 11.1. The fourth-order valence-electron chi connectivity index (χ4n) is 3.65. The first kappa shape index (κ1) is 11.8. The number of rotatable bonds is 3. The molecule has 0 spiro atoms. The zero-order chi connectivity index (χ0) is 12.7. The molecular weight excluding hydrogens is 226 g/mol. The lowest BCUT2D eigenvalue weighted by atomic mass is 9.86. The standard InChI is InChI=1S/C14H21N3O/c1-8-9(2)16-17-14(8)15-13(18)7-12-6-10-3-4-11(12)5-10/h10-12H,3-7H2,1-2H3,(H2,15,16,17,18). The number of amides is 1. The average Bonchev–Trinajstić information content (AvgIpc) is 3.01. The molecule has 3 rings (SSSR count). The van der Waals surface area contributed by atoms with Gasteiger partial charge in [-0.3, -0.25) is 9.89 Å². The predicted octanol–water partition coefficient (Wildman–Crippen LogP) is 2.79. The molecule has 98 valence electrons. The predicted molar refractivity (Wildman–Crippen MR) is 70.2 cm³/mol. The van der Waals surface area contributed by atoms with Gasteiger partial charge in [0.1, 0.15) is 0 Å². The number of carbonyl (C=O) groups excluding carboxylic acids is 1. The van der Waals surface area contributed by atoms with Crippen LogP contribution in [0.1, 0.15) is 43.4 Å². The van der Waals surface area contributed by atoms with Gasteiger partial charge in [0.15, 0.2) is 5.82 Å². The molecule has 2 aliphatic rings. The van der Waals surface area contributed by atoms with Gasteiger partial charge in [-0.15, -0.1) is 0 Å². The SMILES string of the molecule is Cc1[nH]nc(NC(=O)CC2CC3CCC2C3)c1C. The Kier molecular flexibility index (Phi) is 2.88. The maximum Gasteiger partial charge on any atom is 0.225 e. The molecule has 0 aliphatic heterocycles. The van der Waals surface area contributed by atoms with Crippen LogP contribution in [0.4, 0.5) is 5.82 Å². The van der Waals surface area contributed by atoms with Gasteiger partial charge in [-0.05, 0) is 50.9 Å². The highest BCUT2D eigenvalue weighted by Crippen LogP contribution is 2.49. The van der Waals surface area contributed by atoms with E-state index < -0.39 is 0 Å². The molecule has 3 unspecified atom stereocenters. The summed E-state index contributed by atoms with van der Waals surface area (Å²) < 4.78 is 0. The normalized spacial score (nSPS) is 29.8. The quantitative estimate of drug-likeness (QED) is 0.863. The number of nitrogens with one attached hydrogen (secondary N) is 2. The molecule has 4 heteroatoms. The molecule has 1 heterocycles. The van der Waals surface area contributed by atoms with E-state index in [1.165, 1.54) is 25.7 Å². The van der Waals surface area contributed by atoms with E-state index in [-0.39, 0.29) is 5.91 Å². The second kappa shape index (κ2) is 4.41. The summed E-state index contributed by atoms with van der Waals surface area (Å²) in [6, 6.07) is 0. The highest BCUT2D eigenvalue weighted by Gasteiger charge is 2.40. The van der Waals surface area contributed by atoms with Crippen molar-refractivity contribution < 1.29 is 4.79 Å². The van der Waals surface area contributed by atoms with E-state index >= 15 is 0 Å². The van der Waals surface area contributed by atoms with E-state index in [4.69, 9.17) is 0 Å². The van der Waals surface area contributed by atoms with Crippen LogP contribution in [-0.2, 0) is 4.79 Å². The number of hydrogen-bond acceptors (Lipinski definition) is 2. The third-order valence-corrected chi connectivity index (χ3v) is 4.84. The number of hydrogen-bond donors (Lipinski definition) is 2. The van der Waals surface area contributed by atoms with Crippen LogP contribution in [0.3, 0.4) is 0 Å². The molecule has 1 amide bonds. The lowest BCUT2D eigenvalue weighted by molar-refractivity contribution is -0.117. The molecule has 4 nitrogen and oxygen atoms in total. The van der Waals surface area contributed by atoms with Crippen LogP contribution in [0, 0.1) is 31.6 Å². The van der Waals surface area contributed by atoms with Gasteiger partial charge in [-0.2, -0.15) is 5.10 Å². The van der Waals surface area contributed by atoms with Crippen LogP contribution in [-0.4, -0.2) is 16.1 Å². The molecular formula is C14H21N3O. The lowest BCUT2D eigenvalue weighted by Crippen LogP contribution is -2.20. The fraction of sp³-hybridized carbons (Fsp3) is 0.714. The third kappa shape index (κ3) is 2.04. The molecule has 3 atom stereocenters. The molecule has 0 saturated heterocycles. The second-order valence-electron chi connectivity index (χ2n) is 6.01. The second-order valence-corrected chi connectivity index (χ2v) is 6.01. The van der Waals surface area contributed by atoms with Crippen molar-refractivity contribution in [2.24, 2.45) is 17.8 Å². The van der Waals surface area contributed by atoms with Crippen LogP contribution in [0.15, 0.2) is 0 Å². The average molecular weight is 247 g/mol. The van der Waals surface area contributed by atoms with Gasteiger partial charge in [-0.1, -0.05) is 6.42 Å². The summed E-state index contributed by atoms with van der Waals surface area (Å²) in [6.07, 6.45) is 6.02. The summed E-state index contributed by atoms with van der Waals surface area (Å²) in [4.78, 5) is 12.0. The number of fused-ring (bicyclic) bond motifs is 2. The van der Waals surface area contributed by atoms with Crippen molar-refractivity contribution in [2.45, 2.75) is 46.0 Å².